The maximum Gasteiger partial charge on any atom is 0.323 e. The second-order valence-electron chi connectivity index (χ2n) is 8.59. The van der Waals surface area contributed by atoms with E-state index in [2.05, 4.69) is 38.3 Å². The number of hydrogen-bond donors (Lipinski definition) is 5. The molecule has 4 aromatic carbocycles. The number of pyridine rings is 1. The Bertz CT molecular complexity index is 1620. The maximum absolute atomic E-state index is 12.5. The van der Waals surface area contributed by atoms with Gasteiger partial charge in [0.25, 0.3) is 0 Å². The number of aromatic nitrogens is 1. The first-order valence-corrected chi connectivity index (χ1v) is 11.9. The Morgan fingerprint density at radius 1 is 0.684 bits per heavy atom. The number of rotatable bonds is 6. The number of anilines is 4. The zero-order valence-electron chi connectivity index (χ0n) is 20.6. The van der Waals surface area contributed by atoms with Gasteiger partial charge < -0.3 is 27.4 Å². The summed E-state index contributed by atoms with van der Waals surface area (Å²) in [4.78, 5) is 17.3. The highest BCUT2D eigenvalue weighted by Crippen LogP contribution is 2.33. The van der Waals surface area contributed by atoms with E-state index in [0.29, 0.717) is 17.1 Å². The number of carbonyl (C=O) groups excluding carboxylic acids is 1. The fraction of sp³-hybridized carbons (Fsp3) is 0.0345. The van der Waals surface area contributed by atoms with Crippen molar-refractivity contribution in [1.29, 1.82) is 0 Å². The third kappa shape index (κ3) is 5.52. The number of para-hydroxylation sites is 2. The smallest absolute Gasteiger partial charge is 0.323 e. The maximum atomic E-state index is 12.5. The molecule has 0 unspecified atom stereocenters. The molecule has 0 spiro atoms. The molecule has 188 valence electrons. The van der Waals surface area contributed by atoms with Crippen molar-refractivity contribution in [2.24, 2.45) is 21.7 Å². The van der Waals surface area contributed by atoms with Crippen LogP contribution in [0.3, 0.4) is 0 Å². The van der Waals surface area contributed by atoms with Gasteiger partial charge in [0.2, 0.25) is 5.96 Å². The third-order valence-electron chi connectivity index (χ3n) is 5.88. The Balaban J connectivity index is 1.26. The Morgan fingerprint density at radius 2 is 1.18 bits per heavy atom. The molecule has 0 fully saturated rings. The van der Waals surface area contributed by atoms with Crippen molar-refractivity contribution in [1.82, 2.24) is 4.98 Å². The fourth-order valence-corrected chi connectivity index (χ4v) is 4.03. The molecule has 1 aromatic heterocycles. The first-order chi connectivity index (χ1) is 18.5. The number of fused-ring (bicyclic) bond motifs is 2. The van der Waals surface area contributed by atoms with Gasteiger partial charge in [-0.2, -0.15) is 5.10 Å². The molecule has 0 aliphatic heterocycles. The summed E-state index contributed by atoms with van der Waals surface area (Å²) >= 11 is 0. The highest BCUT2D eigenvalue weighted by Gasteiger charge is 2.10. The quantitative estimate of drug-likeness (QED) is 0.0866. The van der Waals surface area contributed by atoms with E-state index in [-0.39, 0.29) is 12.0 Å². The molecule has 0 aliphatic carbocycles. The van der Waals surface area contributed by atoms with Gasteiger partial charge in [-0.05, 0) is 61.0 Å². The predicted molar refractivity (Wildman–Crippen MR) is 156 cm³/mol. The van der Waals surface area contributed by atoms with Crippen LogP contribution in [0.1, 0.15) is 12.5 Å². The molecule has 1 heterocycles. The summed E-state index contributed by atoms with van der Waals surface area (Å²) in [5.41, 5.74) is 17.1. The molecular weight excluding hydrogens is 476 g/mol. The molecule has 0 saturated carbocycles. The molecule has 0 aliphatic rings. The number of guanidine groups is 1. The summed E-state index contributed by atoms with van der Waals surface area (Å²) in [6.07, 6.45) is 0. The molecule has 9 heteroatoms. The van der Waals surface area contributed by atoms with E-state index in [1.807, 2.05) is 72.8 Å². The lowest BCUT2D eigenvalue weighted by molar-refractivity contribution is 0.262. The van der Waals surface area contributed by atoms with Crippen LogP contribution in [0.4, 0.5) is 27.5 Å². The van der Waals surface area contributed by atoms with Crippen molar-refractivity contribution < 1.29 is 4.79 Å². The summed E-state index contributed by atoms with van der Waals surface area (Å²) in [6, 6.07) is 30.5. The summed E-state index contributed by atoms with van der Waals surface area (Å²) in [6.45, 7) is 1.79. The number of nitrogens with zero attached hydrogens (tertiary/aromatic N) is 3. The van der Waals surface area contributed by atoms with Crippen molar-refractivity contribution in [2.45, 2.75) is 6.92 Å². The number of carbonyl (C=O) groups is 1. The molecule has 0 atom stereocenters. The molecule has 5 rings (SSSR count). The second kappa shape index (κ2) is 10.7. The van der Waals surface area contributed by atoms with Gasteiger partial charge in [-0.3, -0.25) is 0 Å². The first-order valence-electron chi connectivity index (χ1n) is 11.9. The zero-order chi connectivity index (χ0) is 26.5. The van der Waals surface area contributed by atoms with Gasteiger partial charge in [-0.25, -0.2) is 9.78 Å². The van der Waals surface area contributed by atoms with E-state index in [4.69, 9.17) is 16.5 Å². The van der Waals surface area contributed by atoms with Crippen LogP contribution in [0.5, 0.6) is 0 Å². The Labute approximate surface area is 219 Å². The minimum atomic E-state index is -0.351. The van der Waals surface area contributed by atoms with Gasteiger partial charge >= 0.3 is 6.03 Å². The van der Waals surface area contributed by atoms with Crippen LogP contribution in [-0.4, -0.2) is 22.7 Å². The number of nitrogens with one attached hydrogen (secondary N) is 3. The molecule has 5 aromatic rings. The van der Waals surface area contributed by atoms with E-state index in [9.17, 15) is 4.79 Å². The first kappa shape index (κ1) is 24.3. The average molecular weight is 503 g/mol. The van der Waals surface area contributed by atoms with Crippen molar-refractivity contribution in [3.63, 3.8) is 0 Å². The summed E-state index contributed by atoms with van der Waals surface area (Å²) in [7, 11) is 0. The van der Waals surface area contributed by atoms with Crippen molar-refractivity contribution >= 4 is 62.3 Å². The number of hydrogen-bond acceptors (Lipinski definition) is 5. The zero-order valence-corrected chi connectivity index (χ0v) is 20.6. The molecule has 9 nitrogen and oxygen atoms in total. The van der Waals surface area contributed by atoms with Crippen molar-refractivity contribution in [2.75, 3.05) is 16.0 Å². The third-order valence-corrected chi connectivity index (χ3v) is 5.88. The van der Waals surface area contributed by atoms with E-state index in [1.165, 1.54) is 0 Å². The Kier molecular flexibility index (Phi) is 6.81. The molecule has 2 amide bonds. The lowest BCUT2D eigenvalue weighted by Gasteiger charge is -2.14. The number of urea groups is 1. The topological polar surface area (TPSA) is 143 Å². The number of benzene rings is 4. The van der Waals surface area contributed by atoms with Gasteiger partial charge in [-0.15, -0.1) is 5.10 Å². The van der Waals surface area contributed by atoms with Crippen LogP contribution in [0, 0.1) is 0 Å². The number of nitrogens with two attached hydrogens (primary N) is 2. The molecular formula is C29H26N8O. The highest BCUT2D eigenvalue weighted by atomic mass is 16.2. The fourth-order valence-electron chi connectivity index (χ4n) is 4.03. The summed E-state index contributed by atoms with van der Waals surface area (Å²) in [5.74, 6) is -0.109. The Hall–Kier alpha value is -5.44. The normalized spacial score (nSPS) is 11.2. The van der Waals surface area contributed by atoms with Crippen LogP contribution >= 0.6 is 0 Å². The molecule has 0 saturated heterocycles. The molecule has 0 radical (unpaired) electrons. The van der Waals surface area contributed by atoms with Gasteiger partial charge in [0, 0.05) is 27.8 Å². The minimum absolute atomic E-state index is 0.109. The average Bonchev–Trinajstić information content (AvgIpc) is 2.93. The van der Waals surface area contributed by atoms with Gasteiger partial charge in [-0.1, -0.05) is 48.5 Å². The predicted octanol–water partition coefficient (Wildman–Crippen LogP) is 5.77. The lowest BCUT2D eigenvalue weighted by atomic mass is 10.1. The van der Waals surface area contributed by atoms with Gasteiger partial charge in [0.15, 0.2) is 0 Å². The lowest BCUT2D eigenvalue weighted by Crippen LogP contribution is -2.22. The Morgan fingerprint density at radius 3 is 1.74 bits per heavy atom. The minimum Gasteiger partial charge on any atom is -0.369 e. The van der Waals surface area contributed by atoms with Gasteiger partial charge in [0.1, 0.15) is 0 Å². The summed E-state index contributed by atoms with van der Waals surface area (Å²) in [5, 5.41) is 18.9. The monoisotopic (exact) mass is 502 g/mol. The molecule has 38 heavy (non-hydrogen) atoms. The molecule has 7 N–H and O–H groups in total. The molecule has 0 bridgehead atoms. The SMILES string of the molecule is C/C(=N/N=C(N)N)c1ccc(NC(=O)Nc2ccc(Nc3c4ccccc4nc4ccccc34)cc2)cc1. The highest BCUT2D eigenvalue weighted by molar-refractivity contribution is 6.08. The van der Waals surface area contributed by atoms with E-state index >= 15 is 0 Å². The van der Waals surface area contributed by atoms with Crippen LogP contribution in [-0.2, 0) is 0 Å². The summed E-state index contributed by atoms with van der Waals surface area (Å²) < 4.78 is 0. The number of amides is 2. The van der Waals surface area contributed by atoms with E-state index in [1.54, 1.807) is 19.1 Å². The second-order valence-corrected chi connectivity index (χ2v) is 8.59. The van der Waals surface area contributed by atoms with E-state index < -0.39 is 0 Å². The van der Waals surface area contributed by atoms with Crippen LogP contribution in [0.2, 0.25) is 0 Å². The van der Waals surface area contributed by atoms with Crippen LogP contribution < -0.4 is 27.4 Å². The standard InChI is InChI=1S/C29H26N8O/c1-18(36-37-28(30)31)19-10-12-21(13-11-19)33-29(38)34-22-16-14-20(15-17-22)32-27-23-6-2-4-8-25(23)35-26-9-5-3-7-24(26)27/h2-17H,1H3,(H,32,35)(H4,30,31,37)(H2,33,34,38)/b36-18-. The van der Waals surface area contributed by atoms with Crippen molar-refractivity contribution in [3.05, 3.63) is 103 Å². The van der Waals surface area contributed by atoms with Crippen LogP contribution in [0.25, 0.3) is 21.8 Å². The largest absolute Gasteiger partial charge is 0.369 e. The van der Waals surface area contributed by atoms with E-state index in [0.717, 1.165) is 38.7 Å². The van der Waals surface area contributed by atoms with Crippen molar-refractivity contribution in [3.8, 4) is 0 Å². The van der Waals surface area contributed by atoms with Gasteiger partial charge in [0.05, 0.1) is 22.4 Å². The van der Waals surface area contributed by atoms with Crippen LogP contribution in [0.15, 0.2) is 107 Å².